The maximum Gasteiger partial charge on any atom is 0.340 e. The lowest BCUT2D eigenvalue weighted by Gasteiger charge is -2.26. The molecule has 132 valence electrons. The van der Waals surface area contributed by atoms with Crippen molar-refractivity contribution in [1.29, 1.82) is 0 Å². The van der Waals surface area contributed by atoms with E-state index in [1.807, 2.05) is 6.07 Å². The number of esters is 1. The molecular weight excluding hydrogens is 316 g/mol. The van der Waals surface area contributed by atoms with Crippen LogP contribution in [0.1, 0.15) is 46.7 Å². The van der Waals surface area contributed by atoms with E-state index in [1.165, 1.54) is 31.1 Å². The molecule has 3 rings (SSSR count). The smallest absolute Gasteiger partial charge is 0.340 e. The predicted molar refractivity (Wildman–Crippen MR) is 97.4 cm³/mol. The van der Waals surface area contributed by atoms with Crippen molar-refractivity contribution < 1.29 is 14.3 Å². The molecule has 1 N–H and O–H groups in total. The molecule has 1 atom stereocenters. The Morgan fingerprint density at radius 1 is 1.32 bits per heavy atom. The second kappa shape index (κ2) is 8.01. The Morgan fingerprint density at radius 3 is 3.00 bits per heavy atom. The van der Waals surface area contributed by atoms with E-state index >= 15 is 0 Å². The standard InChI is InChI=1S/C20H24N2O3/c1-24-16-6-7-17-14(4-3-5-15(17)12-16)8-11-22-19-13-21-10-9-18(19)20(23)25-2/h6-7,9-10,12-14,22H,3-5,8,11H2,1-2H3. The van der Waals surface area contributed by atoms with Gasteiger partial charge in [-0.1, -0.05) is 6.07 Å². The van der Waals surface area contributed by atoms with Gasteiger partial charge in [0.05, 0.1) is 31.7 Å². The van der Waals surface area contributed by atoms with Crippen molar-refractivity contribution in [3.05, 3.63) is 53.3 Å². The first-order valence-corrected chi connectivity index (χ1v) is 8.66. The number of fused-ring (bicyclic) bond motifs is 1. The minimum Gasteiger partial charge on any atom is -0.497 e. The van der Waals surface area contributed by atoms with Gasteiger partial charge in [0.2, 0.25) is 0 Å². The number of ether oxygens (including phenoxy) is 2. The van der Waals surface area contributed by atoms with E-state index < -0.39 is 0 Å². The first-order chi connectivity index (χ1) is 12.2. The molecule has 1 aliphatic carbocycles. The number of nitrogens with one attached hydrogen (secondary N) is 1. The maximum absolute atomic E-state index is 11.8. The van der Waals surface area contributed by atoms with E-state index in [-0.39, 0.29) is 5.97 Å². The molecule has 1 heterocycles. The van der Waals surface area contributed by atoms with Crippen LogP contribution < -0.4 is 10.1 Å². The number of methoxy groups -OCH3 is 2. The summed E-state index contributed by atoms with van der Waals surface area (Å²) < 4.78 is 10.2. The molecule has 1 aromatic carbocycles. The Balaban J connectivity index is 1.65. The van der Waals surface area contributed by atoms with Crippen LogP contribution in [0.3, 0.4) is 0 Å². The van der Waals surface area contributed by atoms with Crippen LogP contribution in [0.2, 0.25) is 0 Å². The third-order valence-corrected chi connectivity index (χ3v) is 4.82. The number of benzene rings is 1. The second-order valence-corrected chi connectivity index (χ2v) is 6.28. The van der Waals surface area contributed by atoms with Gasteiger partial charge < -0.3 is 14.8 Å². The maximum atomic E-state index is 11.8. The summed E-state index contributed by atoms with van der Waals surface area (Å²) >= 11 is 0. The average Bonchev–Trinajstić information content (AvgIpc) is 2.67. The third kappa shape index (κ3) is 3.92. The highest BCUT2D eigenvalue weighted by Gasteiger charge is 2.20. The van der Waals surface area contributed by atoms with E-state index in [4.69, 9.17) is 9.47 Å². The van der Waals surface area contributed by atoms with Gasteiger partial charge in [-0.2, -0.15) is 0 Å². The Kier molecular flexibility index (Phi) is 5.53. The predicted octanol–water partition coefficient (Wildman–Crippen LogP) is 3.80. The zero-order chi connectivity index (χ0) is 17.6. The molecule has 1 unspecified atom stereocenters. The molecular formula is C20H24N2O3. The van der Waals surface area contributed by atoms with Gasteiger partial charge in [0.15, 0.2) is 0 Å². The molecule has 0 saturated carbocycles. The van der Waals surface area contributed by atoms with Gasteiger partial charge in [-0.05, 0) is 60.9 Å². The molecule has 0 bridgehead atoms. The van der Waals surface area contributed by atoms with Crippen LogP contribution in [0.5, 0.6) is 5.75 Å². The number of pyridine rings is 1. The molecule has 2 aromatic rings. The quantitative estimate of drug-likeness (QED) is 0.811. The number of anilines is 1. The first-order valence-electron chi connectivity index (χ1n) is 8.66. The summed E-state index contributed by atoms with van der Waals surface area (Å²) in [5.41, 5.74) is 4.06. The van der Waals surface area contributed by atoms with E-state index in [0.717, 1.165) is 30.8 Å². The van der Waals surface area contributed by atoms with Crippen LogP contribution in [-0.2, 0) is 11.2 Å². The lowest BCUT2D eigenvalue weighted by atomic mass is 9.81. The van der Waals surface area contributed by atoms with Crippen molar-refractivity contribution in [2.45, 2.75) is 31.6 Å². The molecule has 1 aliphatic rings. The largest absolute Gasteiger partial charge is 0.497 e. The minimum atomic E-state index is -0.347. The van der Waals surface area contributed by atoms with Crippen LogP contribution >= 0.6 is 0 Å². The van der Waals surface area contributed by atoms with E-state index in [2.05, 4.69) is 22.4 Å². The summed E-state index contributed by atoms with van der Waals surface area (Å²) in [5, 5.41) is 3.34. The summed E-state index contributed by atoms with van der Waals surface area (Å²) in [6.07, 6.45) is 7.79. The van der Waals surface area contributed by atoms with E-state index in [9.17, 15) is 4.79 Å². The van der Waals surface area contributed by atoms with Crippen LogP contribution in [0, 0.1) is 0 Å². The highest BCUT2D eigenvalue weighted by Crippen LogP contribution is 2.35. The number of rotatable bonds is 6. The lowest BCUT2D eigenvalue weighted by Crippen LogP contribution is -2.15. The molecule has 0 amide bonds. The lowest BCUT2D eigenvalue weighted by molar-refractivity contribution is 0.0601. The molecule has 1 aromatic heterocycles. The number of nitrogens with zero attached hydrogens (tertiary/aromatic N) is 1. The first kappa shape index (κ1) is 17.3. The van der Waals surface area contributed by atoms with Gasteiger partial charge in [-0.25, -0.2) is 4.79 Å². The fraction of sp³-hybridized carbons (Fsp3) is 0.400. The van der Waals surface area contributed by atoms with Gasteiger partial charge in [-0.15, -0.1) is 0 Å². The van der Waals surface area contributed by atoms with Gasteiger partial charge in [-0.3, -0.25) is 4.98 Å². The molecule has 0 spiro atoms. The summed E-state index contributed by atoms with van der Waals surface area (Å²) in [6.45, 7) is 0.784. The molecule has 5 nitrogen and oxygen atoms in total. The van der Waals surface area contributed by atoms with Gasteiger partial charge >= 0.3 is 5.97 Å². The fourth-order valence-corrected chi connectivity index (χ4v) is 3.52. The summed E-state index contributed by atoms with van der Waals surface area (Å²) in [7, 11) is 3.10. The summed E-state index contributed by atoms with van der Waals surface area (Å²) in [5.74, 6) is 1.11. The van der Waals surface area contributed by atoms with Crippen molar-refractivity contribution in [3.63, 3.8) is 0 Å². The Bertz CT molecular complexity index is 745. The van der Waals surface area contributed by atoms with Crippen molar-refractivity contribution in [1.82, 2.24) is 4.98 Å². The SMILES string of the molecule is COC(=O)c1ccncc1NCCC1CCCc2cc(OC)ccc21. The highest BCUT2D eigenvalue weighted by molar-refractivity contribution is 5.95. The number of carbonyl (C=O) groups is 1. The Morgan fingerprint density at radius 2 is 2.20 bits per heavy atom. The molecule has 0 saturated heterocycles. The van der Waals surface area contributed by atoms with Crippen LogP contribution in [0.25, 0.3) is 0 Å². The number of aromatic nitrogens is 1. The topological polar surface area (TPSA) is 60.5 Å². The highest BCUT2D eigenvalue weighted by atomic mass is 16.5. The zero-order valence-electron chi connectivity index (χ0n) is 14.7. The van der Waals surface area contributed by atoms with Crippen molar-refractivity contribution in [2.75, 3.05) is 26.1 Å². The van der Waals surface area contributed by atoms with Crippen LogP contribution in [-0.4, -0.2) is 31.7 Å². The van der Waals surface area contributed by atoms with Gasteiger partial charge in [0.1, 0.15) is 5.75 Å². The molecule has 0 radical (unpaired) electrons. The Labute approximate surface area is 148 Å². The van der Waals surface area contributed by atoms with Crippen LogP contribution in [0.15, 0.2) is 36.7 Å². The third-order valence-electron chi connectivity index (χ3n) is 4.82. The minimum absolute atomic E-state index is 0.347. The van der Waals surface area contributed by atoms with Gasteiger partial charge in [0.25, 0.3) is 0 Å². The fourth-order valence-electron chi connectivity index (χ4n) is 3.52. The zero-order valence-corrected chi connectivity index (χ0v) is 14.7. The number of aryl methyl sites for hydroxylation is 1. The van der Waals surface area contributed by atoms with Crippen molar-refractivity contribution in [2.24, 2.45) is 0 Å². The van der Waals surface area contributed by atoms with E-state index in [0.29, 0.717) is 11.5 Å². The molecule has 0 aliphatic heterocycles. The normalized spacial score (nSPS) is 16.0. The van der Waals surface area contributed by atoms with Gasteiger partial charge in [0, 0.05) is 12.7 Å². The van der Waals surface area contributed by atoms with Crippen LogP contribution in [0.4, 0.5) is 5.69 Å². The second-order valence-electron chi connectivity index (χ2n) is 6.28. The summed E-state index contributed by atoms with van der Waals surface area (Å²) in [4.78, 5) is 15.9. The molecule has 25 heavy (non-hydrogen) atoms. The van der Waals surface area contributed by atoms with E-state index in [1.54, 1.807) is 25.6 Å². The Hall–Kier alpha value is -2.56. The van der Waals surface area contributed by atoms with Crippen molar-refractivity contribution in [3.8, 4) is 5.75 Å². The number of carbonyl (C=O) groups excluding carboxylic acids is 1. The monoisotopic (exact) mass is 340 g/mol. The molecule has 5 heteroatoms. The number of hydrogen-bond donors (Lipinski definition) is 1. The van der Waals surface area contributed by atoms with Crippen molar-refractivity contribution >= 4 is 11.7 Å². The molecule has 0 fully saturated rings. The summed E-state index contributed by atoms with van der Waals surface area (Å²) in [6, 6.07) is 8.07. The average molecular weight is 340 g/mol. The number of hydrogen-bond acceptors (Lipinski definition) is 5.